The van der Waals surface area contributed by atoms with E-state index in [0.29, 0.717) is 12.8 Å². The number of halogens is 1. The Hall–Kier alpha value is -0.640. The van der Waals surface area contributed by atoms with Crippen LogP contribution in [-0.2, 0) is 4.79 Å². The van der Waals surface area contributed by atoms with Crippen molar-refractivity contribution in [3.8, 4) is 0 Å². The number of carboxylic acid groups (broad SMARTS) is 1. The van der Waals surface area contributed by atoms with Crippen LogP contribution < -0.4 is 5.73 Å². The van der Waals surface area contributed by atoms with Gasteiger partial charge in [0.25, 0.3) is 0 Å². The van der Waals surface area contributed by atoms with Gasteiger partial charge in [0.1, 0.15) is 6.67 Å². The number of carbonyl (C=O) groups is 1. The molecule has 0 spiro atoms. The Morgan fingerprint density at radius 1 is 1.46 bits per heavy atom. The van der Waals surface area contributed by atoms with Crippen molar-refractivity contribution >= 4 is 5.97 Å². The fourth-order valence-electron chi connectivity index (χ4n) is 1.92. The van der Waals surface area contributed by atoms with Crippen LogP contribution in [0.1, 0.15) is 25.7 Å². The van der Waals surface area contributed by atoms with Crippen LogP contribution in [0.25, 0.3) is 0 Å². The molecule has 1 atom stereocenters. The van der Waals surface area contributed by atoms with Gasteiger partial charge in [0.05, 0.1) is 5.92 Å². The molecule has 0 aromatic carbocycles. The minimum absolute atomic E-state index is 0.181. The Bertz CT molecular complexity index is 178. The van der Waals surface area contributed by atoms with Crippen LogP contribution in [0.5, 0.6) is 0 Å². The molecule has 0 amide bonds. The third-order valence-electron chi connectivity index (χ3n) is 2.90. The molecule has 3 nitrogen and oxygen atoms in total. The summed E-state index contributed by atoms with van der Waals surface area (Å²) < 4.78 is 12.2. The zero-order valence-corrected chi connectivity index (χ0v) is 7.58. The van der Waals surface area contributed by atoms with Gasteiger partial charge in [-0.05, 0) is 31.6 Å². The van der Waals surface area contributed by atoms with Gasteiger partial charge in [-0.2, -0.15) is 0 Å². The molecule has 0 aliphatic heterocycles. The van der Waals surface area contributed by atoms with Gasteiger partial charge in [-0.1, -0.05) is 0 Å². The van der Waals surface area contributed by atoms with E-state index in [1.165, 1.54) is 0 Å². The van der Waals surface area contributed by atoms with Crippen LogP contribution in [0.4, 0.5) is 4.39 Å². The molecule has 1 unspecified atom stereocenters. The highest BCUT2D eigenvalue weighted by Crippen LogP contribution is 2.30. The van der Waals surface area contributed by atoms with Crippen LogP contribution in [0, 0.1) is 11.8 Å². The molecule has 3 N–H and O–H groups in total. The molecule has 0 saturated heterocycles. The summed E-state index contributed by atoms with van der Waals surface area (Å²) in [6, 6.07) is -0.394. The predicted octanol–water partition coefficient (Wildman–Crippen LogP) is 1.17. The molecule has 0 bridgehead atoms. The van der Waals surface area contributed by atoms with Crippen LogP contribution in [0.3, 0.4) is 0 Å². The molecule has 0 aromatic heterocycles. The summed E-state index contributed by atoms with van der Waals surface area (Å²) in [5.41, 5.74) is 5.55. The lowest BCUT2D eigenvalue weighted by Gasteiger charge is -2.28. The molecule has 1 rings (SSSR count). The van der Waals surface area contributed by atoms with Gasteiger partial charge >= 0.3 is 5.97 Å². The molecular formula is C9H16FNO2. The van der Waals surface area contributed by atoms with E-state index >= 15 is 0 Å². The highest BCUT2D eigenvalue weighted by atomic mass is 19.1. The van der Waals surface area contributed by atoms with Gasteiger partial charge in [-0.3, -0.25) is 4.79 Å². The molecule has 1 saturated carbocycles. The van der Waals surface area contributed by atoms with E-state index < -0.39 is 18.7 Å². The largest absolute Gasteiger partial charge is 0.481 e. The van der Waals surface area contributed by atoms with Gasteiger partial charge in [0, 0.05) is 6.04 Å². The van der Waals surface area contributed by atoms with Crippen molar-refractivity contribution in [2.75, 3.05) is 6.67 Å². The Kier molecular flexibility index (Phi) is 3.66. The Morgan fingerprint density at radius 3 is 2.38 bits per heavy atom. The normalized spacial score (nSPS) is 31.2. The van der Waals surface area contributed by atoms with Crippen molar-refractivity contribution in [2.24, 2.45) is 17.6 Å². The number of hydrogen-bond donors (Lipinski definition) is 2. The maximum Gasteiger partial charge on any atom is 0.306 e. The Morgan fingerprint density at radius 2 is 2.00 bits per heavy atom. The number of carboxylic acids is 1. The fraction of sp³-hybridized carbons (Fsp3) is 0.889. The summed E-state index contributed by atoms with van der Waals surface area (Å²) in [6.07, 6.45) is 2.80. The minimum atomic E-state index is -0.729. The molecule has 0 aromatic rings. The van der Waals surface area contributed by atoms with Crippen LogP contribution in [0.15, 0.2) is 0 Å². The number of rotatable bonds is 3. The fourth-order valence-corrected chi connectivity index (χ4v) is 1.92. The average molecular weight is 189 g/mol. The summed E-state index contributed by atoms with van der Waals surface area (Å²) in [7, 11) is 0. The second kappa shape index (κ2) is 4.56. The number of nitrogens with two attached hydrogens (primary N) is 1. The highest BCUT2D eigenvalue weighted by Gasteiger charge is 2.28. The van der Waals surface area contributed by atoms with E-state index in [9.17, 15) is 9.18 Å². The molecular weight excluding hydrogens is 173 g/mol. The summed E-state index contributed by atoms with van der Waals surface area (Å²) in [4.78, 5) is 10.6. The maximum absolute atomic E-state index is 12.2. The second-order valence-electron chi connectivity index (χ2n) is 3.77. The summed E-state index contributed by atoms with van der Waals surface area (Å²) in [5, 5.41) is 8.71. The number of alkyl halides is 1. The minimum Gasteiger partial charge on any atom is -0.481 e. The van der Waals surface area contributed by atoms with Gasteiger partial charge in [0.2, 0.25) is 0 Å². The molecule has 1 aliphatic rings. The Balaban J connectivity index is 2.34. The van der Waals surface area contributed by atoms with E-state index in [1.807, 2.05) is 0 Å². The van der Waals surface area contributed by atoms with Crippen LogP contribution >= 0.6 is 0 Å². The van der Waals surface area contributed by atoms with Crippen molar-refractivity contribution in [2.45, 2.75) is 31.7 Å². The van der Waals surface area contributed by atoms with Crippen molar-refractivity contribution < 1.29 is 14.3 Å². The monoisotopic (exact) mass is 189 g/mol. The zero-order chi connectivity index (χ0) is 9.84. The van der Waals surface area contributed by atoms with Crippen molar-refractivity contribution in [1.82, 2.24) is 0 Å². The van der Waals surface area contributed by atoms with Gasteiger partial charge in [-0.25, -0.2) is 4.39 Å². The van der Waals surface area contributed by atoms with Gasteiger partial charge in [0.15, 0.2) is 0 Å². The van der Waals surface area contributed by atoms with Crippen molar-refractivity contribution in [3.63, 3.8) is 0 Å². The molecule has 0 radical (unpaired) electrons. The summed E-state index contributed by atoms with van der Waals surface area (Å²) in [6.45, 7) is -0.498. The molecule has 76 valence electrons. The summed E-state index contributed by atoms with van der Waals surface area (Å²) in [5.74, 6) is -0.782. The van der Waals surface area contributed by atoms with Crippen molar-refractivity contribution in [3.05, 3.63) is 0 Å². The smallest absolute Gasteiger partial charge is 0.306 e. The first-order valence-corrected chi connectivity index (χ1v) is 4.69. The SMILES string of the molecule is NC(CF)C1CCC(C(=O)O)CC1. The molecule has 0 heterocycles. The van der Waals surface area contributed by atoms with E-state index in [1.54, 1.807) is 0 Å². The number of hydrogen-bond acceptors (Lipinski definition) is 2. The topological polar surface area (TPSA) is 63.3 Å². The summed E-state index contributed by atoms with van der Waals surface area (Å²) >= 11 is 0. The molecule has 4 heteroatoms. The second-order valence-corrected chi connectivity index (χ2v) is 3.77. The van der Waals surface area contributed by atoms with Crippen LogP contribution in [-0.4, -0.2) is 23.8 Å². The molecule has 13 heavy (non-hydrogen) atoms. The third kappa shape index (κ3) is 2.66. The number of aliphatic carboxylic acids is 1. The van der Waals surface area contributed by atoms with Crippen LogP contribution in [0.2, 0.25) is 0 Å². The first kappa shape index (κ1) is 10.4. The first-order chi connectivity index (χ1) is 6.15. The standard InChI is InChI=1S/C9H16FNO2/c10-5-8(11)6-1-3-7(4-2-6)9(12)13/h6-8H,1-5,11H2,(H,12,13). The van der Waals surface area contributed by atoms with Gasteiger partial charge < -0.3 is 10.8 Å². The Labute approximate surface area is 77.1 Å². The van der Waals surface area contributed by atoms with E-state index in [0.717, 1.165) is 12.8 Å². The van der Waals surface area contributed by atoms with Crippen molar-refractivity contribution in [1.29, 1.82) is 0 Å². The lowest BCUT2D eigenvalue weighted by atomic mass is 9.79. The third-order valence-corrected chi connectivity index (χ3v) is 2.90. The van der Waals surface area contributed by atoms with E-state index in [2.05, 4.69) is 0 Å². The average Bonchev–Trinajstić information content (AvgIpc) is 2.17. The van der Waals surface area contributed by atoms with E-state index in [-0.39, 0.29) is 11.8 Å². The molecule has 1 fully saturated rings. The van der Waals surface area contributed by atoms with E-state index in [4.69, 9.17) is 10.8 Å². The predicted molar refractivity (Wildman–Crippen MR) is 47.0 cm³/mol. The highest BCUT2D eigenvalue weighted by molar-refractivity contribution is 5.69. The quantitative estimate of drug-likeness (QED) is 0.700. The lowest BCUT2D eigenvalue weighted by molar-refractivity contribution is -0.143. The first-order valence-electron chi connectivity index (χ1n) is 4.69. The molecule has 1 aliphatic carbocycles. The van der Waals surface area contributed by atoms with Gasteiger partial charge in [-0.15, -0.1) is 0 Å². The maximum atomic E-state index is 12.2. The zero-order valence-electron chi connectivity index (χ0n) is 7.58. The lowest BCUT2D eigenvalue weighted by Crippen LogP contribution is -2.35.